The first-order valence-electron chi connectivity index (χ1n) is 6.63. The Morgan fingerprint density at radius 2 is 2.38 bits per heavy atom. The van der Waals surface area contributed by atoms with Gasteiger partial charge in [0.1, 0.15) is 5.82 Å². The summed E-state index contributed by atoms with van der Waals surface area (Å²) in [6.07, 6.45) is 4.80. The predicted octanol–water partition coefficient (Wildman–Crippen LogP) is -0.438. The fraction of sp³-hybridized carbons (Fsp3) is 0.333. The SMILES string of the molecule is C/C=C/C(=N)C1Nc2c3cnn(CCN)c3nc(=N)n2N1. The first-order chi connectivity index (χ1) is 10.2. The van der Waals surface area contributed by atoms with E-state index in [0.717, 1.165) is 5.39 Å². The van der Waals surface area contributed by atoms with Crippen molar-refractivity contribution < 1.29 is 0 Å². The maximum absolute atomic E-state index is 8.02. The average Bonchev–Trinajstić information content (AvgIpc) is 3.05. The quantitative estimate of drug-likeness (QED) is 0.486. The van der Waals surface area contributed by atoms with Gasteiger partial charge in [0, 0.05) is 6.54 Å². The van der Waals surface area contributed by atoms with Crippen molar-refractivity contribution in [3.8, 4) is 0 Å². The molecule has 1 unspecified atom stereocenters. The summed E-state index contributed by atoms with van der Waals surface area (Å²) in [5.74, 6) is 0.688. The second-order valence-corrected chi connectivity index (χ2v) is 4.67. The molecule has 6 N–H and O–H groups in total. The van der Waals surface area contributed by atoms with Crippen molar-refractivity contribution in [1.29, 1.82) is 10.8 Å². The van der Waals surface area contributed by atoms with Crippen LogP contribution in [0.3, 0.4) is 0 Å². The van der Waals surface area contributed by atoms with E-state index in [9.17, 15) is 0 Å². The molecule has 0 bridgehead atoms. The Labute approximate surface area is 120 Å². The van der Waals surface area contributed by atoms with E-state index >= 15 is 0 Å². The van der Waals surface area contributed by atoms with E-state index in [4.69, 9.17) is 16.6 Å². The van der Waals surface area contributed by atoms with Crippen LogP contribution in [0, 0.1) is 10.8 Å². The molecule has 0 radical (unpaired) electrons. The summed E-state index contributed by atoms with van der Waals surface area (Å²) in [4.78, 5) is 4.25. The van der Waals surface area contributed by atoms with Crippen molar-refractivity contribution in [3.05, 3.63) is 24.0 Å². The molecule has 1 aliphatic heterocycles. The molecule has 9 nitrogen and oxygen atoms in total. The summed E-state index contributed by atoms with van der Waals surface area (Å²) in [6, 6.07) is 0. The highest BCUT2D eigenvalue weighted by molar-refractivity contribution is 6.01. The van der Waals surface area contributed by atoms with E-state index in [2.05, 4.69) is 20.8 Å². The van der Waals surface area contributed by atoms with Crippen LogP contribution in [0.25, 0.3) is 11.0 Å². The number of nitrogens with one attached hydrogen (secondary N) is 4. The number of rotatable bonds is 4. The molecule has 3 rings (SSSR count). The minimum absolute atomic E-state index is 0.0551. The summed E-state index contributed by atoms with van der Waals surface area (Å²) >= 11 is 0. The van der Waals surface area contributed by atoms with Gasteiger partial charge in [-0.1, -0.05) is 6.08 Å². The Hall–Kier alpha value is -2.68. The largest absolute Gasteiger partial charge is 0.343 e. The van der Waals surface area contributed by atoms with E-state index in [1.165, 1.54) is 4.68 Å². The van der Waals surface area contributed by atoms with E-state index in [1.807, 2.05) is 6.92 Å². The third-order valence-corrected chi connectivity index (χ3v) is 3.25. The number of fused-ring (bicyclic) bond motifs is 3. The van der Waals surface area contributed by atoms with Crippen molar-refractivity contribution in [3.63, 3.8) is 0 Å². The van der Waals surface area contributed by atoms with Crippen LogP contribution in [-0.4, -0.2) is 37.9 Å². The monoisotopic (exact) mass is 287 g/mol. The van der Waals surface area contributed by atoms with Gasteiger partial charge in [-0.3, -0.25) is 10.8 Å². The van der Waals surface area contributed by atoms with E-state index in [0.29, 0.717) is 30.3 Å². The molecule has 0 saturated carbocycles. The number of hydrogen-bond acceptors (Lipinski definition) is 7. The molecular weight excluding hydrogens is 270 g/mol. The van der Waals surface area contributed by atoms with Crippen molar-refractivity contribution in [2.45, 2.75) is 19.6 Å². The molecule has 0 saturated heterocycles. The van der Waals surface area contributed by atoms with E-state index < -0.39 is 6.17 Å². The zero-order valence-corrected chi connectivity index (χ0v) is 11.6. The van der Waals surface area contributed by atoms with Crippen LogP contribution in [0.4, 0.5) is 5.82 Å². The number of nitrogens with zero attached hydrogens (tertiary/aromatic N) is 4. The lowest BCUT2D eigenvalue weighted by atomic mass is 10.3. The first-order valence-corrected chi connectivity index (χ1v) is 6.63. The molecule has 3 heterocycles. The lowest BCUT2D eigenvalue weighted by molar-refractivity contribution is 0.636. The molecule has 0 aromatic carbocycles. The van der Waals surface area contributed by atoms with Crippen LogP contribution in [-0.2, 0) is 6.54 Å². The lowest BCUT2D eigenvalue weighted by Gasteiger charge is -2.09. The van der Waals surface area contributed by atoms with Gasteiger partial charge in [0.2, 0.25) is 5.62 Å². The second kappa shape index (κ2) is 5.02. The number of allylic oxidation sites excluding steroid dienone is 1. The summed E-state index contributed by atoms with van der Waals surface area (Å²) in [6.45, 7) is 2.86. The number of nitrogens with two attached hydrogens (primary N) is 1. The number of hydrogen-bond donors (Lipinski definition) is 5. The molecule has 0 amide bonds. The molecule has 2 aromatic heterocycles. The molecule has 1 aliphatic rings. The third-order valence-electron chi connectivity index (χ3n) is 3.25. The highest BCUT2D eigenvalue weighted by Crippen LogP contribution is 2.23. The lowest BCUT2D eigenvalue weighted by Crippen LogP contribution is -2.36. The van der Waals surface area contributed by atoms with Crippen LogP contribution in [0.5, 0.6) is 0 Å². The molecule has 0 spiro atoms. The molecular formula is C12H17N9. The molecule has 1 atom stereocenters. The fourth-order valence-electron chi connectivity index (χ4n) is 2.32. The third kappa shape index (κ3) is 2.07. The zero-order valence-electron chi connectivity index (χ0n) is 11.6. The summed E-state index contributed by atoms with van der Waals surface area (Å²) in [5, 5.41) is 24.2. The van der Waals surface area contributed by atoms with Crippen LogP contribution < -0.4 is 22.1 Å². The number of aromatic nitrogens is 4. The van der Waals surface area contributed by atoms with E-state index in [-0.39, 0.29) is 5.62 Å². The van der Waals surface area contributed by atoms with Gasteiger partial charge in [0.25, 0.3) is 0 Å². The Morgan fingerprint density at radius 1 is 1.57 bits per heavy atom. The smallest absolute Gasteiger partial charge is 0.244 e. The Kier molecular flexibility index (Phi) is 3.18. The van der Waals surface area contributed by atoms with Crippen LogP contribution in [0.1, 0.15) is 6.92 Å². The normalized spacial score (nSPS) is 17.0. The van der Waals surface area contributed by atoms with Crippen LogP contribution in [0.2, 0.25) is 0 Å². The van der Waals surface area contributed by atoms with Crippen LogP contribution >= 0.6 is 0 Å². The molecule has 21 heavy (non-hydrogen) atoms. The van der Waals surface area contributed by atoms with Gasteiger partial charge in [-0.15, -0.1) is 0 Å². The van der Waals surface area contributed by atoms with Crippen molar-refractivity contribution in [2.24, 2.45) is 5.73 Å². The van der Waals surface area contributed by atoms with Crippen molar-refractivity contribution in [2.75, 3.05) is 17.3 Å². The molecule has 0 aliphatic carbocycles. The van der Waals surface area contributed by atoms with Crippen molar-refractivity contribution in [1.82, 2.24) is 19.4 Å². The topological polar surface area (TPSA) is 133 Å². The highest BCUT2D eigenvalue weighted by atomic mass is 15.6. The summed E-state index contributed by atoms with van der Waals surface area (Å²) in [7, 11) is 0. The summed E-state index contributed by atoms with van der Waals surface area (Å²) < 4.78 is 3.21. The molecule has 110 valence electrons. The molecule has 2 aromatic rings. The maximum atomic E-state index is 8.02. The Balaban J connectivity index is 2.07. The standard InChI is InChI=1S/C12H17N9/c1-2-3-8(14)9-17-11-7-6-16-20(5-4-13)10(7)18-12(15)21(11)19-9/h2-3,6,9,14-15,17,19H,4-5,13H2,1H3/b3-2+,14-8?,15-12?. The molecule has 9 heteroatoms. The van der Waals surface area contributed by atoms with Gasteiger partial charge in [-0.2, -0.15) is 10.1 Å². The maximum Gasteiger partial charge on any atom is 0.244 e. The predicted molar refractivity (Wildman–Crippen MR) is 79.7 cm³/mol. The Morgan fingerprint density at radius 3 is 3.10 bits per heavy atom. The first kappa shape index (κ1) is 13.3. The second-order valence-electron chi connectivity index (χ2n) is 4.67. The Bertz CT molecular complexity index is 782. The van der Waals surface area contributed by atoms with Gasteiger partial charge in [0.15, 0.2) is 11.8 Å². The van der Waals surface area contributed by atoms with Crippen molar-refractivity contribution >= 4 is 22.6 Å². The van der Waals surface area contributed by atoms with Gasteiger partial charge in [-0.25, -0.2) is 9.36 Å². The van der Waals surface area contributed by atoms with Gasteiger partial charge in [0.05, 0.1) is 23.8 Å². The minimum Gasteiger partial charge on any atom is -0.343 e. The zero-order chi connectivity index (χ0) is 15.0. The highest BCUT2D eigenvalue weighted by Gasteiger charge is 2.25. The molecule has 0 fully saturated rings. The van der Waals surface area contributed by atoms with Gasteiger partial charge < -0.3 is 16.5 Å². The average molecular weight is 287 g/mol. The van der Waals surface area contributed by atoms with Crippen LogP contribution in [0.15, 0.2) is 18.3 Å². The van der Waals surface area contributed by atoms with E-state index in [1.54, 1.807) is 23.0 Å². The number of anilines is 1. The van der Waals surface area contributed by atoms with Gasteiger partial charge >= 0.3 is 0 Å². The van der Waals surface area contributed by atoms with Gasteiger partial charge in [-0.05, 0) is 13.0 Å². The minimum atomic E-state index is -0.393. The summed E-state index contributed by atoms with van der Waals surface area (Å²) in [5.41, 5.74) is 9.64. The fourth-order valence-corrected chi connectivity index (χ4v) is 2.32.